The van der Waals surface area contributed by atoms with Crippen molar-refractivity contribution < 1.29 is 33.4 Å². The van der Waals surface area contributed by atoms with Gasteiger partial charge in [0, 0.05) is 24.6 Å². The molecule has 0 radical (unpaired) electrons. The first-order valence-corrected chi connectivity index (χ1v) is 15.3. The van der Waals surface area contributed by atoms with Crippen molar-refractivity contribution >= 4 is 17.8 Å². The lowest BCUT2D eigenvalue weighted by Crippen LogP contribution is -2.50. The number of carboxylic acid groups (broad SMARTS) is 1. The molecule has 0 spiro atoms. The number of hydrogen-bond acceptors (Lipinski definition) is 7. The van der Waals surface area contributed by atoms with Crippen LogP contribution in [0, 0.1) is 52.3 Å². The van der Waals surface area contributed by atoms with Crippen LogP contribution in [0.4, 0.5) is 4.39 Å². The van der Waals surface area contributed by atoms with Crippen LogP contribution in [0.2, 0.25) is 0 Å². The van der Waals surface area contributed by atoms with Gasteiger partial charge in [-0.15, -0.1) is 0 Å². The highest BCUT2D eigenvalue weighted by molar-refractivity contribution is 5.98. The predicted octanol–water partition coefficient (Wildman–Crippen LogP) is 4.27. The summed E-state index contributed by atoms with van der Waals surface area (Å²) in [6.45, 7) is 0.576. The number of amides is 2. The van der Waals surface area contributed by atoms with E-state index in [9.17, 15) is 29.1 Å². The van der Waals surface area contributed by atoms with Crippen LogP contribution in [0.15, 0.2) is 12.1 Å². The molecule has 1 aromatic rings. The summed E-state index contributed by atoms with van der Waals surface area (Å²) in [6.07, 6.45) is 5.74. The number of carbonyl (C=O) groups is 3. The first-order valence-electron chi connectivity index (χ1n) is 15.3. The highest BCUT2D eigenvalue weighted by Crippen LogP contribution is 2.49. The largest absolute Gasteiger partial charge is 0.496 e. The summed E-state index contributed by atoms with van der Waals surface area (Å²) in [5, 5.41) is 34.3. The molecule has 4 saturated carbocycles. The standard InChI is InChI=1S/C32H39FN4O6/c1-42-26-13-22(16-35)25(43-23-8-10-32(33,11-9-23)31(40)41)14-24(26)29(38)37-28-21-7-6-20(12-21)27(28)30(39)36-17-19-4-2-18(15-34)3-5-19/h13-14,18-21,23,27-28H,2-12,17H2,1H3,(H,36,39)(H,37,38)(H,40,41)/t18?,19?,20-,21+,23-,27+,28-,32-/m1/s1. The molecule has 11 heteroatoms. The van der Waals surface area contributed by atoms with E-state index in [4.69, 9.17) is 14.7 Å². The second kappa shape index (κ2) is 12.8. The van der Waals surface area contributed by atoms with Crippen LogP contribution in [-0.2, 0) is 9.59 Å². The molecule has 0 aromatic heterocycles. The Morgan fingerprint density at radius 1 is 1.02 bits per heavy atom. The molecule has 4 atom stereocenters. The van der Waals surface area contributed by atoms with Crippen LogP contribution >= 0.6 is 0 Å². The number of benzene rings is 1. The number of carbonyl (C=O) groups excluding carboxylic acids is 2. The number of nitrogens with zero attached hydrogens (tertiary/aromatic N) is 2. The number of rotatable bonds is 9. The summed E-state index contributed by atoms with van der Waals surface area (Å²) in [7, 11) is 1.40. The number of aliphatic carboxylic acids is 1. The third-order valence-corrected chi connectivity index (χ3v) is 10.2. The third-order valence-electron chi connectivity index (χ3n) is 10.2. The molecule has 43 heavy (non-hydrogen) atoms. The number of nitriles is 2. The Bertz CT molecular complexity index is 1320. The number of hydrogen-bond donors (Lipinski definition) is 3. The van der Waals surface area contributed by atoms with E-state index < -0.39 is 23.6 Å². The molecule has 4 aliphatic rings. The van der Waals surface area contributed by atoms with Gasteiger partial charge in [-0.1, -0.05) is 0 Å². The molecule has 4 aliphatic carbocycles. The lowest BCUT2D eigenvalue weighted by Gasteiger charge is -2.32. The van der Waals surface area contributed by atoms with Crippen molar-refractivity contribution in [2.45, 2.75) is 88.4 Å². The van der Waals surface area contributed by atoms with Gasteiger partial charge in [0.05, 0.1) is 36.3 Å². The maximum Gasteiger partial charge on any atom is 0.341 e. The van der Waals surface area contributed by atoms with E-state index in [0.29, 0.717) is 12.5 Å². The molecule has 10 nitrogen and oxygen atoms in total. The number of halogens is 1. The zero-order valence-electron chi connectivity index (χ0n) is 24.4. The Morgan fingerprint density at radius 3 is 2.35 bits per heavy atom. The van der Waals surface area contributed by atoms with Crippen molar-refractivity contribution in [3.63, 3.8) is 0 Å². The van der Waals surface area contributed by atoms with Crippen molar-refractivity contribution in [1.82, 2.24) is 10.6 Å². The van der Waals surface area contributed by atoms with Gasteiger partial charge in [-0.2, -0.15) is 10.5 Å². The minimum absolute atomic E-state index is 0.0432. The molecular weight excluding hydrogens is 555 g/mol. The second-order valence-electron chi connectivity index (χ2n) is 12.7. The molecular formula is C32H39FN4O6. The van der Waals surface area contributed by atoms with Gasteiger partial charge in [-0.05, 0) is 94.4 Å². The highest BCUT2D eigenvalue weighted by atomic mass is 19.1. The van der Waals surface area contributed by atoms with Crippen molar-refractivity contribution in [2.24, 2.45) is 29.6 Å². The van der Waals surface area contributed by atoms with Crippen LogP contribution < -0.4 is 20.1 Å². The Labute approximate surface area is 250 Å². The zero-order valence-corrected chi connectivity index (χ0v) is 24.4. The number of nitrogens with one attached hydrogen (secondary N) is 2. The first kappa shape index (κ1) is 30.6. The molecule has 0 saturated heterocycles. The summed E-state index contributed by atoms with van der Waals surface area (Å²) in [5.41, 5.74) is -1.98. The molecule has 0 unspecified atom stereocenters. The number of methoxy groups -OCH3 is 1. The van der Waals surface area contributed by atoms with Gasteiger partial charge in [-0.3, -0.25) is 9.59 Å². The Kier molecular flexibility index (Phi) is 9.10. The summed E-state index contributed by atoms with van der Waals surface area (Å²) in [5.74, 6) is -1.11. The molecule has 0 heterocycles. The number of ether oxygens (including phenoxy) is 2. The van der Waals surface area contributed by atoms with Gasteiger partial charge in [0.15, 0.2) is 0 Å². The third kappa shape index (κ3) is 6.41. The van der Waals surface area contributed by atoms with Crippen molar-refractivity contribution in [2.75, 3.05) is 13.7 Å². The van der Waals surface area contributed by atoms with Gasteiger partial charge >= 0.3 is 5.97 Å². The van der Waals surface area contributed by atoms with Crippen molar-refractivity contribution in [3.8, 4) is 23.6 Å². The van der Waals surface area contributed by atoms with Crippen LogP contribution in [0.25, 0.3) is 0 Å². The SMILES string of the molecule is COc1cc(C#N)c(O[C@H]2CC[C@@](F)(C(=O)O)CC2)cc1C(=O)N[C@@H]1[C@H]2CC[C@H](C2)[C@@H]1C(=O)NCC1CCC(C#N)CC1. The van der Waals surface area contributed by atoms with E-state index in [1.54, 1.807) is 0 Å². The van der Waals surface area contributed by atoms with Crippen LogP contribution in [0.5, 0.6) is 11.5 Å². The van der Waals surface area contributed by atoms with Crippen LogP contribution in [-0.4, -0.2) is 54.4 Å². The van der Waals surface area contributed by atoms with E-state index in [1.807, 2.05) is 0 Å². The van der Waals surface area contributed by atoms with E-state index in [-0.39, 0.29) is 83.9 Å². The lowest BCUT2D eigenvalue weighted by molar-refractivity contribution is -0.154. The monoisotopic (exact) mass is 594 g/mol. The number of carboxylic acids is 1. The molecule has 0 aliphatic heterocycles. The lowest BCUT2D eigenvalue weighted by atomic mass is 9.81. The quantitative estimate of drug-likeness (QED) is 0.382. The summed E-state index contributed by atoms with van der Waals surface area (Å²) < 4.78 is 26.0. The molecule has 5 rings (SSSR count). The van der Waals surface area contributed by atoms with E-state index in [1.165, 1.54) is 19.2 Å². The number of alkyl halides is 1. The highest BCUT2D eigenvalue weighted by Gasteiger charge is 2.51. The smallest absolute Gasteiger partial charge is 0.341 e. The summed E-state index contributed by atoms with van der Waals surface area (Å²) in [6, 6.07) is 6.93. The van der Waals surface area contributed by atoms with E-state index in [2.05, 4.69) is 22.8 Å². The molecule has 1 aromatic carbocycles. The minimum atomic E-state index is -2.29. The van der Waals surface area contributed by atoms with Gasteiger partial charge in [0.1, 0.15) is 17.6 Å². The summed E-state index contributed by atoms with van der Waals surface area (Å²) >= 11 is 0. The average molecular weight is 595 g/mol. The summed E-state index contributed by atoms with van der Waals surface area (Å²) in [4.78, 5) is 38.4. The minimum Gasteiger partial charge on any atom is -0.496 e. The Morgan fingerprint density at radius 2 is 1.72 bits per heavy atom. The fourth-order valence-corrected chi connectivity index (χ4v) is 7.62. The normalized spacial score (nSPS) is 33.1. The maximum atomic E-state index is 14.5. The number of fused-ring (bicyclic) bond motifs is 2. The van der Waals surface area contributed by atoms with Gasteiger partial charge in [-0.25, -0.2) is 9.18 Å². The van der Waals surface area contributed by atoms with Crippen molar-refractivity contribution in [1.29, 1.82) is 10.5 Å². The molecule has 3 N–H and O–H groups in total. The first-order chi connectivity index (χ1) is 20.6. The van der Waals surface area contributed by atoms with E-state index in [0.717, 1.165) is 44.9 Å². The molecule has 2 amide bonds. The predicted molar refractivity (Wildman–Crippen MR) is 152 cm³/mol. The molecule has 230 valence electrons. The molecule has 4 fully saturated rings. The second-order valence-corrected chi connectivity index (χ2v) is 12.7. The fraction of sp³-hybridized carbons (Fsp3) is 0.656. The Hall–Kier alpha value is -3.86. The average Bonchev–Trinajstić information content (AvgIpc) is 3.63. The van der Waals surface area contributed by atoms with Gasteiger partial charge in [0.25, 0.3) is 5.91 Å². The zero-order chi connectivity index (χ0) is 30.7. The van der Waals surface area contributed by atoms with Crippen molar-refractivity contribution in [3.05, 3.63) is 23.3 Å². The van der Waals surface area contributed by atoms with Gasteiger partial charge in [0.2, 0.25) is 11.6 Å². The van der Waals surface area contributed by atoms with E-state index >= 15 is 0 Å². The fourth-order valence-electron chi connectivity index (χ4n) is 7.62. The Balaban J connectivity index is 1.27. The van der Waals surface area contributed by atoms with Crippen LogP contribution in [0.1, 0.15) is 86.6 Å². The van der Waals surface area contributed by atoms with Crippen LogP contribution in [0.3, 0.4) is 0 Å². The van der Waals surface area contributed by atoms with Gasteiger partial charge < -0.3 is 25.2 Å². The maximum absolute atomic E-state index is 14.5. The topological polar surface area (TPSA) is 162 Å². The molecule has 2 bridgehead atoms.